The summed E-state index contributed by atoms with van der Waals surface area (Å²) in [6, 6.07) is 13.5. The zero-order valence-electron chi connectivity index (χ0n) is 16.3. The Balaban J connectivity index is 1.52. The number of carbonyl (C=O) groups excluding carboxylic acids is 2. The molecule has 30 heavy (non-hydrogen) atoms. The van der Waals surface area contributed by atoms with Gasteiger partial charge in [0.05, 0.1) is 24.6 Å². The van der Waals surface area contributed by atoms with Gasteiger partial charge < -0.3 is 9.47 Å². The first-order chi connectivity index (χ1) is 14.7. The fourth-order valence-electron chi connectivity index (χ4n) is 2.33. The van der Waals surface area contributed by atoms with Crippen molar-refractivity contribution in [3.63, 3.8) is 0 Å². The SMILES string of the molecule is CCCOc1ccc(C(=O)Oc2ccc(/C=N\NC(=O)c3cnccn3)cc2)cc1. The number of nitrogens with zero attached hydrogens (tertiary/aromatic N) is 3. The highest BCUT2D eigenvalue weighted by atomic mass is 16.5. The third kappa shape index (κ3) is 5.96. The van der Waals surface area contributed by atoms with Gasteiger partial charge in [-0.25, -0.2) is 15.2 Å². The molecule has 1 aromatic heterocycles. The Labute approximate surface area is 173 Å². The summed E-state index contributed by atoms with van der Waals surface area (Å²) in [4.78, 5) is 31.8. The maximum atomic E-state index is 12.3. The van der Waals surface area contributed by atoms with Crippen LogP contribution in [0, 0.1) is 0 Å². The van der Waals surface area contributed by atoms with Crippen molar-refractivity contribution in [2.75, 3.05) is 6.61 Å². The van der Waals surface area contributed by atoms with Crippen LogP contribution in [-0.2, 0) is 0 Å². The highest BCUT2D eigenvalue weighted by Crippen LogP contribution is 2.16. The minimum atomic E-state index is -0.463. The van der Waals surface area contributed by atoms with Gasteiger partial charge in [0.25, 0.3) is 5.91 Å². The normalized spacial score (nSPS) is 10.6. The standard InChI is InChI=1S/C22H20N4O4/c1-2-13-29-18-9-5-17(6-10-18)22(28)30-19-7-3-16(4-8-19)14-25-26-21(27)20-15-23-11-12-24-20/h3-12,14-15H,2,13H2,1H3,(H,26,27)/b25-14-. The molecule has 1 heterocycles. The van der Waals surface area contributed by atoms with E-state index >= 15 is 0 Å². The minimum absolute atomic E-state index is 0.168. The van der Waals surface area contributed by atoms with Gasteiger partial charge in [0, 0.05) is 12.4 Å². The van der Waals surface area contributed by atoms with E-state index in [1.807, 2.05) is 6.92 Å². The highest BCUT2D eigenvalue weighted by molar-refractivity contribution is 5.93. The molecule has 0 saturated heterocycles. The van der Waals surface area contributed by atoms with E-state index in [-0.39, 0.29) is 5.69 Å². The summed E-state index contributed by atoms with van der Waals surface area (Å²) in [5.74, 6) is 0.182. The van der Waals surface area contributed by atoms with Crippen LogP contribution in [0.4, 0.5) is 0 Å². The molecule has 8 heteroatoms. The predicted octanol–water partition coefficient (Wildman–Crippen LogP) is 3.25. The van der Waals surface area contributed by atoms with Crippen LogP contribution in [0.5, 0.6) is 11.5 Å². The molecule has 1 N–H and O–H groups in total. The van der Waals surface area contributed by atoms with Crippen molar-refractivity contribution in [1.82, 2.24) is 15.4 Å². The van der Waals surface area contributed by atoms with Crippen LogP contribution in [-0.4, -0.2) is 34.7 Å². The number of aromatic nitrogens is 2. The number of benzene rings is 2. The van der Waals surface area contributed by atoms with Gasteiger partial charge in [-0.1, -0.05) is 6.92 Å². The highest BCUT2D eigenvalue weighted by Gasteiger charge is 2.09. The molecule has 0 aliphatic carbocycles. The topological polar surface area (TPSA) is 103 Å². The average molecular weight is 404 g/mol. The minimum Gasteiger partial charge on any atom is -0.494 e. The molecule has 0 saturated carbocycles. The summed E-state index contributed by atoms with van der Waals surface area (Å²) in [7, 11) is 0. The number of esters is 1. The van der Waals surface area contributed by atoms with Gasteiger partial charge >= 0.3 is 5.97 Å². The van der Waals surface area contributed by atoms with Crippen molar-refractivity contribution >= 4 is 18.1 Å². The van der Waals surface area contributed by atoms with E-state index in [0.29, 0.717) is 29.2 Å². The van der Waals surface area contributed by atoms with E-state index in [9.17, 15) is 9.59 Å². The Bertz CT molecular complexity index is 1000. The predicted molar refractivity (Wildman–Crippen MR) is 111 cm³/mol. The molecule has 0 atom stereocenters. The Kier molecular flexibility index (Phi) is 7.21. The van der Waals surface area contributed by atoms with Crippen molar-refractivity contribution < 1.29 is 19.1 Å². The van der Waals surface area contributed by atoms with Gasteiger partial charge in [0.1, 0.15) is 17.2 Å². The molecule has 3 aromatic rings. The van der Waals surface area contributed by atoms with Crippen molar-refractivity contribution in [3.05, 3.63) is 83.9 Å². The molecule has 152 valence electrons. The van der Waals surface area contributed by atoms with Crippen molar-refractivity contribution in [2.45, 2.75) is 13.3 Å². The zero-order valence-corrected chi connectivity index (χ0v) is 16.3. The number of hydrogen-bond donors (Lipinski definition) is 1. The van der Waals surface area contributed by atoms with Gasteiger partial charge in [-0.2, -0.15) is 5.10 Å². The summed E-state index contributed by atoms with van der Waals surface area (Å²) in [5.41, 5.74) is 3.68. The van der Waals surface area contributed by atoms with Crippen molar-refractivity contribution in [3.8, 4) is 11.5 Å². The van der Waals surface area contributed by atoms with Crippen LogP contribution in [0.2, 0.25) is 0 Å². The van der Waals surface area contributed by atoms with Crippen LogP contribution in [0.25, 0.3) is 0 Å². The van der Waals surface area contributed by atoms with Crippen LogP contribution in [0.15, 0.2) is 72.2 Å². The summed E-state index contributed by atoms with van der Waals surface area (Å²) in [6.45, 7) is 2.66. The quantitative estimate of drug-likeness (QED) is 0.268. The molecular weight excluding hydrogens is 384 g/mol. The first-order valence-electron chi connectivity index (χ1n) is 9.30. The van der Waals surface area contributed by atoms with Gasteiger partial charge in [0.15, 0.2) is 0 Å². The Morgan fingerprint density at radius 3 is 2.43 bits per heavy atom. The molecular formula is C22H20N4O4. The van der Waals surface area contributed by atoms with Gasteiger partial charge in [0.2, 0.25) is 0 Å². The lowest BCUT2D eigenvalue weighted by molar-refractivity contribution is 0.0734. The number of ether oxygens (including phenoxy) is 2. The monoisotopic (exact) mass is 404 g/mol. The number of hydrazone groups is 1. The maximum absolute atomic E-state index is 12.3. The van der Waals surface area contributed by atoms with Crippen LogP contribution in [0.1, 0.15) is 39.8 Å². The molecule has 0 radical (unpaired) electrons. The second-order valence-corrected chi connectivity index (χ2v) is 6.12. The van der Waals surface area contributed by atoms with Crippen LogP contribution < -0.4 is 14.9 Å². The van der Waals surface area contributed by atoms with E-state index in [0.717, 1.165) is 6.42 Å². The summed E-state index contributed by atoms with van der Waals surface area (Å²) in [6.07, 6.45) is 6.63. The third-order valence-electron chi connectivity index (χ3n) is 3.83. The van der Waals surface area contributed by atoms with E-state index < -0.39 is 11.9 Å². The molecule has 0 aliphatic heterocycles. The van der Waals surface area contributed by atoms with Crippen molar-refractivity contribution in [2.24, 2.45) is 5.10 Å². The van der Waals surface area contributed by atoms with Crippen LogP contribution >= 0.6 is 0 Å². The molecule has 0 unspecified atom stereocenters. The van der Waals surface area contributed by atoms with Gasteiger partial charge in [-0.05, 0) is 60.5 Å². The molecule has 2 aromatic carbocycles. The van der Waals surface area contributed by atoms with Crippen LogP contribution in [0.3, 0.4) is 0 Å². The number of nitrogens with one attached hydrogen (secondary N) is 1. The molecule has 1 amide bonds. The lowest BCUT2D eigenvalue weighted by Gasteiger charge is -2.07. The Hall–Kier alpha value is -4.07. The van der Waals surface area contributed by atoms with E-state index in [1.54, 1.807) is 48.5 Å². The average Bonchev–Trinajstić information content (AvgIpc) is 2.79. The molecule has 3 rings (SSSR count). The van der Waals surface area contributed by atoms with E-state index in [1.165, 1.54) is 24.8 Å². The molecule has 0 aliphatic rings. The summed E-state index contributed by atoms with van der Waals surface area (Å²) in [5, 5.41) is 3.87. The first-order valence-corrected chi connectivity index (χ1v) is 9.30. The first kappa shape index (κ1) is 20.7. The summed E-state index contributed by atoms with van der Waals surface area (Å²) < 4.78 is 10.9. The third-order valence-corrected chi connectivity index (χ3v) is 3.83. The lowest BCUT2D eigenvalue weighted by Crippen LogP contribution is -2.19. The maximum Gasteiger partial charge on any atom is 0.343 e. The fourth-order valence-corrected chi connectivity index (χ4v) is 2.33. The number of rotatable bonds is 8. The largest absolute Gasteiger partial charge is 0.494 e. The van der Waals surface area contributed by atoms with E-state index in [4.69, 9.17) is 9.47 Å². The molecule has 0 fully saturated rings. The fraction of sp³-hybridized carbons (Fsp3) is 0.136. The lowest BCUT2D eigenvalue weighted by atomic mass is 10.2. The number of hydrogen-bond acceptors (Lipinski definition) is 7. The van der Waals surface area contributed by atoms with Crippen molar-refractivity contribution in [1.29, 1.82) is 0 Å². The Morgan fingerprint density at radius 2 is 1.77 bits per heavy atom. The second kappa shape index (κ2) is 10.5. The second-order valence-electron chi connectivity index (χ2n) is 6.12. The smallest absolute Gasteiger partial charge is 0.343 e. The molecule has 8 nitrogen and oxygen atoms in total. The summed E-state index contributed by atoms with van der Waals surface area (Å²) >= 11 is 0. The zero-order chi connectivity index (χ0) is 21.2. The van der Waals surface area contributed by atoms with Gasteiger partial charge in [-0.3, -0.25) is 9.78 Å². The molecule has 0 spiro atoms. The molecule has 0 bridgehead atoms. The van der Waals surface area contributed by atoms with Gasteiger partial charge in [-0.15, -0.1) is 0 Å². The Morgan fingerprint density at radius 1 is 1.03 bits per heavy atom. The number of amides is 1. The number of carbonyl (C=O) groups is 2. The van der Waals surface area contributed by atoms with E-state index in [2.05, 4.69) is 20.5 Å².